The molecule has 0 fully saturated rings. The van der Waals surface area contributed by atoms with Crippen molar-refractivity contribution in [3.05, 3.63) is 83.7 Å². The van der Waals surface area contributed by atoms with Crippen molar-refractivity contribution in [2.45, 2.75) is 0 Å². The van der Waals surface area contributed by atoms with Crippen LogP contribution in [-0.2, 0) is 0 Å². The van der Waals surface area contributed by atoms with Crippen LogP contribution >= 0.6 is 11.6 Å². The Morgan fingerprint density at radius 2 is 1.78 bits per heavy atom. The van der Waals surface area contributed by atoms with E-state index in [0.29, 0.717) is 0 Å². The highest BCUT2D eigenvalue weighted by molar-refractivity contribution is 6.32. The second-order valence-corrected chi connectivity index (χ2v) is 5.71. The predicted molar refractivity (Wildman–Crippen MR) is 95.2 cm³/mol. The van der Waals surface area contributed by atoms with E-state index in [0.717, 1.165) is 6.07 Å². The highest BCUT2D eigenvalue weighted by atomic mass is 35.5. The third-order valence-electron chi connectivity index (χ3n) is 3.58. The van der Waals surface area contributed by atoms with Gasteiger partial charge in [-0.25, -0.2) is 4.79 Å². The molecule has 2 aromatic carbocycles. The van der Waals surface area contributed by atoms with Crippen molar-refractivity contribution in [1.82, 2.24) is 0 Å². The number of anilines is 1. The second-order valence-electron chi connectivity index (χ2n) is 5.30. The predicted octanol–water partition coefficient (Wildman–Crippen LogP) is 3.52. The summed E-state index contributed by atoms with van der Waals surface area (Å²) in [5.41, 5.74) is -1.85. The Bertz CT molecular complexity index is 1170. The van der Waals surface area contributed by atoms with E-state index >= 15 is 0 Å². The van der Waals surface area contributed by atoms with E-state index in [9.17, 15) is 29.8 Å². The van der Waals surface area contributed by atoms with Gasteiger partial charge in [0.05, 0.1) is 9.85 Å². The van der Waals surface area contributed by atoms with Crippen molar-refractivity contribution in [3.63, 3.8) is 0 Å². The summed E-state index contributed by atoms with van der Waals surface area (Å²) in [6, 6.07) is 8.24. The summed E-state index contributed by atoms with van der Waals surface area (Å²) in [5.74, 6) is -0.813. The lowest BCUT2D eigenvalue weighted by atomic mass is 10.1. The van der Waals surface area contributed by atoms with Gasteiger partial charge in [-0.05, 0) is 24.3 Å². The largest absolute Gasteiger partial charge is 0.421 e. The maximum Gasteiger partial charge on any atom is 0.360 e. The summed E-state index contributed by atoms with van der Waals surface area (Å²) in [6.45, 7) is 0. The number of nitro benzene ring substituents is 2. The van der Waals surface area contributed by atoms with Crippen LogP contribution in [0.25, 0.3) is 11.0 Å². The van der Waals surface area contributed by atoms with Gasteiger partial charge in [0, 0.05) is 29.1 Å². The molecule has 1 amide bonds. The molecule has 1 heterocycles. The first kappa shape index (κ1) is 18.0. The van der Waals surface area contributed by atoms with Crippen molar-refractivity contribution < 1.29 is 19.1 Å². The minimum absolute atomic E-state index is 0.103. The number of nitrogens with zero attached hydrogens (tertiary/aromatic N) is 2. The van der Waals surface area contributed by atoms with Gasteiger partial charge in [-0.2, -0.15) is 0 Å². The molecule has 0 saturated carbocycles. The molecule has 136 valence electrons. The molecule has 10 nitrogen and oxygen atoms in total. The minimum Gasteiger partial charge on any atom is -0.421 e. The minimum atomic E-state index is -0.881. The van der Waals surface area contributed by atoms with Gasteiger partial charge in [0.25, 0.3) is 17.3 Å². The third-order valence-corrected chi connectivity index (χ3v) is 3.90. The van der Waals surface area contributed by atoms with E-state index < -0.39 is 27.1 Å². The molecule has 0 atom stereocenters. The summed E-state index contributed by atoms with van der Waals surface area (Å²) in [5, 5.41) is 24.1. The molecule has 0 bridgehead atoms. The van der Waals surface area contributed by atoms with Crippen molar-refractivity contribution in [2.75, 3.05) is 5.32 Å². The molecule has 27 heavy (non-hydrogen) atoms. The van der Waals surface area contributed by atoms with E-state index in [4.69, 9.17) is 16.0 Å². The molecule has 0 aliphatic carbocycles. The summed E-state index contributed by atoms with van der Waals surface area (Å²) < 4.78 is 5.02. The summed E-state index contributed by atoms with van der Waals surface area (Å²) in [7, 11) is 0. The Hall–Kier alpha value is -3.79. The molecule has 1 aromatic heterocycles. The molecule has 0 aliphatic heterocycles. The fourth-order valence-electron chi connectivity index (χ4n) is 2.30. The van der Waals surface area contributed by atoms with Gasteiger partial charge < -0.3 is 9.73 Å². The van der Waals surface area contributed by atoms with Gasteiger partial charge in [-0.3, -0.25) is 25.0 Å². The number of benzene rings is 2. The third kappa shape index (κ3) is 3.60. The monoisotopic (exact) mass is 389 g/mol. The number of amides is 1. The summed E-state index contributed by atoms with van der Waals surface area (Å²) >= 11 is 5.69. The number of nitro groups is 2. The van der Waals surface area contributed by atoms with Crippen LogP contribution in [0, 0.1) is 20.2 Å². The van der Waals surface area contributed by atoms with Crippen LogP contribution in [0.4, 0.5) is 17.1 Å². The maximum atomic E-state index is 12.3. The number of hydrogen-bond donors (Lipinski definition) is 1. The summed E-state index contributed by atoms with van der Waals surface area (Å²) in [6.07, 6.45) is 0. The van der Waals surface area contributed by atoms with Gasteiger partial charge in [-0.15, -0.1) is 0 Å². The molecule has 0 aliphatic rings. The molecule has 0 saturated heterocycles. The highest BCUT2D eigenvalue weighted by Crippen LogP contribution is 2.26. The molecule has 11 heteroatoms. The van der Waals surface area contributed by atoms with Crippen molar-refractivity contribution in [1.29, 1.82) is 0 Å². The van der Waals surface area contributed by atoms with Crippen LogP contribution in [0.3, 0.4) is 0 Å². The Labute approximate surface area is 154 Å². The second kappa shape index (κ2) is 6.84. The smallest absolute Gasteiger partial charge is 0.360 e. The van der Waals surface area contributed by atoms with Crippen LogP contribution in [0.5, 0.6) is 0 Å². The maximum absolute atomic E-state index is 12.3. The Kier molecular flexibility index (Phi) is 4.57. The molecule has 0 unspecified atom stereocenters. The number of halogens is 1. The molecule has 3 aromatic rings. The zero-order valence-corrected chi connectivity index (χ0v) is 13.9. The average molecular weight is 390 g/mol. The summed E-state index contributed by atoms with van der Waals surface area (Å²) in [4.78, 5) is 44.7. The van der Waals surface area contributed by atoms with Crippen LogP contribution in [0.2, 0.25) is 5.02 Å². The van der Waals surface area contributed by atoms with Crippen LogP contribution in [0.15, 0.2) is 51.7 Å². The quantitative estimate of drug-likeness (QED) is 0.408. The van der Waals surface area contributed by atoms with Gasteiger partial charge in [0.2, 0.25) is 0 Å². The first-order chi connectivity index (χ1) is 12.8. The average Bonchev–Trinajstić information content (AvgIpc) is 2.61. The first-order valence-corrected chi connectivity index (χ1v) is 7.61. The molecule has 3 rings (SSSR count). The molecule has 0 radical (unpaired) electrons. The van der Waals surface area contributed by atoms with Crippen molar-refractivity contribution >= 4 is 45.5 Å². The number of fused-ring (bicyclic) bond motifs is 1. The fourth-order valence-corrected chi connectivity index (χ4v) is 2.49. The lowest BCUT2D eigenvalue weighted by Crippen LogP contribution is -2.18. The lowest BCUT2D eigenvalue weighted by molar-refractivity contribution is -0.384. The fraction of sp³-hybridized carbons (Fsp3) is 0. The number of rotatable bonds is 4. The highest BCUT2D eigenvalue weighted by Gasteiger charge is 2.18. The van der Waals surface area contributed by atoms with Crippen LogP contribution < -0.4 is 10.9 Å². The number of carbonyl (C=O) groups excluding carboxylic acids is 1. The van der Waals surface area contributed by atoms with Gasteiger partial charge in [0.1, 0.15) is 16.3 Å². The SMILES string of the molecule is O=C(Nc1cc2cc([N+](=O)[O-])ccc2oc1=O)c1ccc(Cl)c([N+](=O)[O-])c1. The number of nitrogens with one attached hydrogen (secondary N) is 1. The van der Waals surface area contributed by atoms with Crippen molar-refractivity contribution in [2.24, 2.45) is 0 Å². The van der Waals surface area contributed by atoms with Gasteiger partial charge in [-0.1, -0.05) is 11.6 Å². The number of non-ortho nitro benzene ring substituents is 1. The normalized spacial score (nSPS) is 10.6. The topological polar surface area (TPSA) is 146 Å². The first-order valence-electron chi connectivity index (χ1n) is 7.24. The van der Waals surface area contributed by atoms with Crippen molar-refractivity contribution in [3.8, 4) is 0 Å². The van der Waals surface area contributed by atoms with E-state index in [1.165, 1.54) is 36.4 Å². The van der Waals surface area contributed by atoms with E-state index in [1.807, 2.05) is 0 Å². The zero-order valence-electron chi connectivity index (χ0n) is 13.2. The van der Waals surface area contributed by atoms with Gasteiger partial charge >= 0.3 is 5.63 Å². The van der Waals surface area contributed by atoms with Crippen LogP contribution in [0.1, 0.15) is 10.4 Å². The number of carbonyl (C=O) groups is 1. The molecule has 0 spiro atoms. The van der Waals surface area contributed by atoms with E-state index in [-0.39, 0.29) is 32.9 Å². The van der Waals surface area contributed by atoms with Crippen LogP contribution in [-0.4, -0.2) is 15.8 Å². The Balaban J connectivity index is 1.98. The molecular formula is C16H8ClN3O7. The van der Waals surface area contributed by atoms with Gasteiger partial charge in [0.15, 0.2) is 0 Å². The van der Waals surface area contributed by atoms with E-state index in [2.05, 4.69) is 5.32 Å². The number of hydrogen-bond acceptors (Lipinski definition) is 7. The Morgan fingerprint density at radius 1 is 1.04 bits per heavy atom. The lowest BCUT2D eigenvalue weighted by Gasteiger charge is -2.06. The Morgan fingerprint density at radius 3 is 2.44 bits per heavy atom. The molecular weight excluding hydrogens is 382 g/mol. The van der Waals surface area contributed by atoms with E-state index in [1.54, 1.807) is 0 Å². The molecule has 1 N–H and O–H groups in total. The zero-order chi connectivity index (χ0) is 19.7. The standard InChI is InChI=1S/C16H8ClN3O7/c17-11-3-1-8(7-13(11)20(25)26)15(21)18-12-6-9-5-10(19(23)24)2-4-14(9)27-16(12)22/h1-7H,(H,18,21).